The van der Waals surface area contributed by atoms with Crippen LogP contribution in [-0.2, 0) is 24.2 Å². The molecule has 1 aromatic heterocycles. The maximum Gasteiger partial charge on any atom is 0.220 e. The van der Waals surface area contributed by atoms with E-state index in [4.69, 9.17) is 4.74 Å². The Bertz CT molecular complexity index is 719. The number of carbonyl (C=O) groups is 1. The lowest BCUT2D eigenvalue weighted by atomic mass is 10.1. The van der Waals surface area contributed by atoms with E-state index >= 15 is 0 Å². The van der Waals surface area contributed by atoms with Gasteiger partial charge in [0.15, 0.2) is 5.82 Å². The summed E-state index contributed by atoms with van der Waals surface area (Å²) >= 11 is 0. The smallest absolute Gasteiger partial charge is 0.220 e. The number of carbonyl (C=O) groups excluding carboxylic acids is 1. The third kappa shape index (κ3) is 5.56. The predicted octanol–water partition coefficient (Wildman–Crippen LogP) is 1.33. The Morgan fingerprint density at radius 2 is 2.08 bits per heavy atom. The topological polar surface area (TPSA) is 89.3 Å². The van der Waals surface area contributed by atoms with Gasteiger partial charge in [0.25, 0.3) is 0 Å². The molecule has 0 radical (unpaired) electrons. The molecule has 0 unspecified atom stereocenters. The average molecular weight is 346 g/mol. The first kappa shape index (κ1) is 18.9. The number of hydrogen-bond donors (Lipinski definition) is 2. The Morgan fingerprint density at radius 1 is 1.36 bits per heavy atom. The van der Waals surface area contributed by atoms with Crippen LogP contribution < -0.4 is 10.1 Å². The fraction of sp³-hybridized carbons (Fsp3) is 0.500. The van der Waals surface area contributed by atoms with E-state index in [0.29, 0.717) is 37.5 Å². The molecule has 0 aliphatic rings. The fourth-order valence-corrected chi connectivity index (χ4v) is 2.55. The second kappa shape index (κ2) is 8.11. The third-order valence-electron chi connectivity index (χ3n) is 3.72. The molecule has 0 aliphatic heterocycles. The van der Waals surface area contributed by atoms with Gasteiger partial charge in [-0.05, 0) is 19.9 Å². The van der Waals surface area contributed by atoms with E-state index in [1.807, 2.05) is 24.3 Å². The molecule has 1 aromatic carbocycles. The van der Waals surface area contributed by atoms with Crippen LogP contribution in [0.4, 0.5) is 0 Å². The van der Waals surface area contributed by atoms with E-state index in [0.717, 1.165) is 11.3 Å². The lowest BCUT2D eigenvalue weighted by Gasteiger charge is -2.17. The summed E-state index contributed by atoms with van der Waals surface area (Å²) in [7, 11) is 3.24. The molecule has 0 fully saturated rings. The van der Waals surface area contributed by atoms with Crippen LogP contribution in [0.1, 0.15) is 37.5 Å². The maximum absolute atomic E-state index is 11.5. The van der Waals surface area contributed by atoms with E-state index in [9.17, 15) is 9.90 Å². The molecule has 25 heavy (non-hydrogen) atoms. The zero-order valence-electron chi connectivity index (χ0n) is 15.2. The summed E-state index contributed by atoms with van der Waals surface area (Å²) in [5.74, 6) is 2.06. The molecule has 1 heterocycles. The highest BCUT2D eigenvalue weighted by atomic mass is 16.5. The summed E-state index contributed by atoms with van der Waals surface area (Å²) in [4.78, 5) is 16.1. The van der Waals surface area contributed by atoms with Crippen LogP contribution in [0.3, 0.4) is 0 Å². The minimum Gasteiger partial charge on any atom is -0.496 e. The zero-order chi connectivity index (χ0) is 18.4. The first-order valence-corrected chi connectivity index (χ1v) is 8.30. The van der Waals surface area contributed by atoms with Crippen LogP contribution in [0.5, 0.6) is 5.75 Å². The number of rotatable bonds is 8. The molecule has 1 amide bonds. The molecule has 0 bridgehead atoms. The SMILES string of the molecule is CNC(=O)CCc1nc(Cc2ccccc2OC)nn1CC(C)(C)O. The number of ether oxygens (including phenoxy) is 1. The number of benzene rings is 1. The van der Waals surface area contributed by atoms with E-state index < -0.39 is 5.60 Å². The van der Waals surface area contributed by atoms with Crippen molar-refractivity contribution in [2.45, 2.75) is 45.3 Å². The molecule has 2 N–H and O–H groups in total. The van der Waals surface area contributed by atoms with Gasteiger partial charge in [0, 0.05) is 31.9 Å². The van der Waals surface area contributed by atoms with Crippen LogP contribution in [-0.4, -0.2) is 45.5 Å². The molecule has 2 aromatic rings. The Morgan fingerprint density at radius 3 is 2.72 bits per heavy atom. The van der Waals surface area contributed by atoms with Crippen LogP contribution in [0.25, 0.3) is 0 Å². The highest BCUT2D eigenvalue weighted by molar-refractivity contribution is 5.75. The number of aromatic nitrogens is 3. The highest BCUT2D eigenvalue weighted by Crippen LogP contribution is 2.20. The van der Waals surface area contributed by atoms with Gasteiger partial charge in [0.1, 0.15) is 11.6 Å². The standard InChI is InChI=1S/C18H26N4O3/c1-18(2,24)12-22-16(9-10-17(23)19-3)20-15(21-22)11-13-7-5-6-8-14(13)25-4/h5-8,24H,9-12H2,1-4H3,(H,19,23). The second-order valence-corrected chi connectivity index (χ2v) is 6.58. The Kier molecular flexibility index (Phi) is 6.14. The normalized spacial score (nSPS) is 11.4. The van der Waals surface area contributed by atoms with E-state index in [2.05, 4.69) is 15.4 Å². The van der Waals surface area contributed by atoms with Crippen molar-refractivity contribution in [3.8, 4) is 5.75 Å². The minimum absolute atomic E-state index is 0.0518. The number of nitrogens with one attached hydrogen (secondary N) is 1. The number of para-hydroxylation sites is 1. The first-order chi connectivity index (χ1) is 11.8. The lowest BCUT2D eigenvalue weighted by molar-refractivity contribution is -0.120. The number of nitrogens with zero attached hydrogens (tertiary/aromatic N) is 3. The van der Waals surface area contributed by atoms with Gasteiger partial charge >= 0.3 is 0 Å². The van der Waals surface area contributed by atoms with E-state index in [1.54, 1.807) is 32.7 Å². The predicted molar refractivity (Wildman–Crippen MR) is 94.5 cm³/mol. The van der Waals surface area contributed by atoms with Crippen LogP contribution in [0.2, 0.25) is 0 Å². The number of aliphatic hydroxyl groups is 1. The molecule has 0 atom stereocenters. The van der Waals surface area contributed by atoms with Gasteiger partial charge in [0.05, 0.1) is 19.3 Å². The molecule has 7 heteroatoms. The van der Waals surface area contributed by atoms with Crippen LogP contribution in [0, 0.1) is 0 Å². The van der Waals surface area contributed by atoms with Gasteiger partial charge in [-0.1, -0.05) is 18.2 Å². The largest absolute Gasteiger partial charge is 0.496 e. The van der Waals surface area contributed by atoms with Crippen LogP contribution >= 0.6 is 0 Å². The summed E-state index contributed by atoms with van der Waals surface area (Å²) in [6, 6.07) is 7.73. The molecular weight excluding hydrogens is 320 g/mol. The summed E-state index contributed by atoms with van der Waals surface area (Å²) in [5.41, 5.74) is 0.0697. The maximum atomic E-state index is 11.5. The highest BCUT2D eigenvalue weighted by Gasteiger charge is 2.19. The van der Waals surface area contributed by atoms with Crippen molar-refractivity contribution >= 4 is 5.91 Å². The lowest BCUT2D eigenvalue weighted by Crippen LogP contribution is -2.28. The van der Waals surface area contributed by atoms with E-state index in [-0.39, 0.29) is 5.91 Å². The summed E-state index contributed by atoms with van der Waals surface area (Å²) in [6.45, 7) is 3.75. The van der Waals surface area contributed by atoms with Crippen molar-refractivity contribution in [1.29, 1.82) is 0 Å². The van der Waals surface area contributed by atoms with Gasteiger partial charge < -0.3 is 15.2 Å². The molecule has 7 nitrogen and oxygen atoms in total. The molecule has 0 saturated heterocycles. The van der Waals surface area contributed by atoms with Gasteiger partial charge in [-0.25, -0.2) is 9.67 Å². The van der Waals surface area contributed by atoms with Gasteiger partial charge in [-0.3, -0.25) is 4.79 Å². The molecule has 0 spiro atoms. The van der Waals surface area contributed by atoms with Gasteiger partial charge in [-0.2, -0.15) is 5.10 Å². The third-order valence-corrected chi connectivity index (χ3v) is 3.72. The number of methoxy groups -OCH3 is 1. The van der Waals surface area contributed by atoms with Crippen molar-refractivity contribution in [2.24, 2.45) is 0 Å². The molecule has 136 valence electrons. The summed E-state index contributed by atoms with van der Waals surface area (Å²) in [5, 5.41) is 17.2. The minimum atomic E-state index is -0.919. The van der Waals surface area contributed by atoms with Crippen LogP contribution in [0.15, 0.2) is 24.3 Å². The molecule has 0 saturated carbocycles. The Balaban J connectivity index is 2.24. The van der Waals surface area contributed by atoms with Gasteiger partial charge in [0.2, 0.25) is 5.91 Å². The molecular formula is C18H26N4O3. The first-order valence-electron chi connectivity index (χ1n) is 8.30. The molecule has 0 aliphatic carbocycles. The number of hydrogen-bond acceptors (Lipinski definition) is 5. The van der Waals surface area contributed by atoms with Crippen molar-refractivity contribution in [3.63, 3.8) is 0 Å². The Labute approximate surface area is 148 Å². The Hall–Kier alpha value is -2.41. The van der Waals surface area contributed by atoms with Crippen molar-refractivity contribution in [3.05, 3.63) is 41.5 Å². The average Bonchev–Trinajstić information content (AvgIpc) is 2.92. The fourth-order valence-electron chi connectivity index (χ4n) is 2.55. The number of amides is 1. The second-order valence-electron chi connectivity index (χ2n) is 6.58. The number of aryl methyl sites for hydroxylation is 1. The monoisotopic (exact) mass is 346 g/mol. The van der Waals surface area contributed by atoms with Crippen molar-refractivity contribution < 1.29 is 14.6 Å². The summed E-state index contributed by atoms with van der Waals surface area (Å²) < 4.78 is 7.06. The van der Waals surface area contributed by atoms with Crippen molar-refractivity contribution in [2.75, 3.05) is 14.2 Å². The quantitative estimate of drug-likeness (QED) is 0.753. The molecule has 2 rings (SSSR count). The van der Waals surface area contributed by atoms with E-state index in [1.165, 1.54) is 0 Å². The van der Waals surface area contributed by atoms with Crippen molar-refractivity contribution in [1.82, 2.24) is 20.1 Å². The zero-order valence-corrected chi connectivity index (χ0v) is 15.2. The van der Waals surface area contributed by atoms with Gasteiger partial charge in [-0.15, -0.1) is 0 Å². The summed E-state index contributed by atoms with van der Waals surface area (Å²) in [6.07, 6.45) is 1.32.